The number of sulfone groups is 1. The van der Waals surface area contributed by atoms with Crippen molar-refractivity contribution in [3.05, 3.63) is 65.2 Å². The molecule has 1 aliphatic heterocycles. The number of amides is 1. The van der Waals surface area contributed by atoms with Crippen molar-refractivity contribution in [2.75, 3.05) is 12.9 Å². The van der Waals surface area contributed by atoms with Crippen molar-refractivity contribution in [3.63, 3.8) is 0 Å². The van der Waals surface area contributed by atoms with E-state index in [0.29, 0.717) is 6.61 Å². The average Bonchev–Trinajstić information content (AvgIpc) is 3.07. The fourth-order valence-electron chi connectivity index (χ4n) is 2.83. The summed E-state index contributed by atoms with van der Waals surface area (Å²) in [4.78, 5) is 12.4. The molecule has 136 valence electrons. The molecule has 0 radical (unpaired) electrons. The fourth-order valence-corrected chi connectivity index (χ4v) is 3.46. The van der Waals surface area contributed by atoms with Crippen molar-refractivity contribution in [1.29, 1.82) is 0 Å². The van der Waals surface area contributed by atoms with Crippen molar-refractivity contribution in [2.24, 2.45) is 0 Å². The molecule has 1 atom stereocenters. The van der Waals surface area contributed by atoms with Crippen molar-refractivity contribution >= 4 is 21.8 Å². The molecule has 1 unspecified atom stereocenters. The van der Waals surface area contributed by atoms with Crippen LogP contribution in [0.3, 0.4) is 0 Å². The molecule has 0 bridgehead atoms. The van der Waals surface area contributed by atoms with E-state index in [2.05, 4.69) is 5.32 Å². The number of hydrogen-bond donors (Lipinski definition) is 1. The van der Waals surface area contributed by atoms with Crippen LogP contribution in [0.1, 0.15) is 29.7 Å². The minimum absolute atomic E-state index is 0.207. The molecule has 2 aromatic rings. The molecule has 3 rings (SSSR count). The lowest BCUT2D eigenvalue weighted by Crippen LogP contribution is -2.24. The Morgan fingerprint density at radius 2 is 1.92 bits per heavy atom. The van der Waals surface area contributed by atoms with Gasteiger partial charge < -0.3 is 10.1 Å². The van der Waals surface area contributed by atoms with Gasteiger partial charge in [-0.15, -0.1) is 0 Å². The number of hydrogen-bond acceptors (Lipinski definition) is 4. The number of nitrogens with one attached hydrogen (secondary N) is 1. The third-order valence-corrected chi connectivity index (χ3v) is 5.44. The molecule has 0 fully saturated rings. The van der Waals surface area contributed by atoms with E-state index in [1.54, 1.807) is 30.3 Å². The van der Waals surface area contributed by atoms with E-state index >= 15 is 0 Å². The predicted molar refractivity (Wildman–Crippen MR) is 101 cm³/mol. The predicted octanol–water partition coefficient (Wildman–Crippen LogP) is 2.92. The topological polar surface area (TPSA) is 72.5 Å². The van der Waals surface area contributed by atoms with Gasteiger partial charge >= 0.3 is 0 Å². The third kappa shape index (κ3) is 4.32. The SMILES string of the molecule is CC(NC(=O)/C=C/c1ccc2c(c1)CCO2)c1ccc(S(C)(=O)=O)cc1. The van der Waals surface area contributed by atoms with Gasteiger partial charge in [0.15, 0.2) is 9.84 Å². The summed E-state index contributed by atoms with van der Waals surface area (Å²) in [6.07, 6.45) is 5.33. The van der Waals surface area contributed by atoms with Gasteiger partial charge in [-0.2, -0.15) is 0 Å². The zero-order valence-corrected chi connectivity index (χ0v) is 15.5. The lowest BCUT2D eigenvalue weighted by molar-refractivity contribution is -0.117. The first-order valence-electron chi connectivity index (χ1n) is 8.37. The summed E-state index contributed by atoms with van der Waals surface area (Å²) in [5, 5.41) is 2.88. The fraction of sp³-hybridized carbons (Fsp3) is 0.250. The number of fused-ring (bicyclic) bond motifs is 1. The van der Waals surface area contributed by atoms with Gasteiger partial charge in [0.1, 0.15) is 5.75 Å². The molecule has 1 heterocycles. The monoisotopic (exact) mass is 371 g/mol. The first-order valence-corrected chi connectivity index (χ1v) is 10.3. The zero-order chi connectivity index (χ0) is 18.7. The summed E-state index contributed by atoms with van der Waals surface area (Å²) in [6.45, 7) is 2.56. The summed E-state index contributed by atoms with van der Waals surface area (Å²) >= 11 is 0. The van der Waals surface area contributed by atoms with E-state index < -0.39 is 9.84 Å². The number of carbonyl (C=O) groups is 1. The van der Waals surface area contributed by atoms with Crippen LogP contribution in [0, 0.1) is 0 Å². The second-order valence-electron chi connectivity index (χ2n) is 6.37. The molecule has 26 heavy (non-hydrogen) atoms. The highest BCUT2D eigenvalue weighted by atomic mass is 32.2. The van der Waals surface area contributed by atoms with Crippen LogP contribution in [0.5, 0.6) is 5.75 Å². The highest BCUT2D eigenvalue weighted by molar-refractivity contribution is 7.90. The van der Waals surface area contributed by atoms with Crippen LogP contribution in [-0.4, -0.2) is 27.2 Å². The summed E-state index contributed by atoms with van der Waals surface area (Å²) in [7, 11) is -3.22. The largest absolute Gasteiger partial charge is 0.493 e. The third-order valence-electron chi connectivity index (χ3n) is 4.31. The molecule has 1 amide bonds. The highest BCUT2D eigenvalue weighted by Crippen LogP contribution is 2.26. The van der Waals surface area contributed by atoms with E-state index in [-0.39, 0.29) is 16.8 Å². The molecule has 2 aromatic carbocycles. The molecule has 0 saturated heterocycles. The first-order chi connectivity index (χ1) is 12.3. The summed E-state index contributed by atoms with van der Waals surface area (Å²) in [5.74, 6) is 0.708. The Balaban J connectivity index is 1.62. The van der Waals surface area contributed by atoms with Crippen LogP contribution in [-0.2, 0) is 21.1 Å². The second kappa shape index (κ2) is 7.33. The maximum Gasteiger partial charge on any atom is 0.244 e. The van der Waals surface area contributed by atoms with Crippen LogP contribution in [0.25, 0.3) is 6.08 Å². The lowest BCUT2D eigenvalue weighted by Gasteiger charge is -2.13. The number of carbonyl (C=O) groups excluding carboxylic acids is 1. The van der Waals surface area contributed by atoms with E-state index in [1.165, 1.54) is 12.3 Å². The van der Waals surface area contributed by atoms with Gasteiger partial charge in [-0.05, 0) is 54.0 Å². The molecule has 6 heteroatoms. The summed E-state index contributed by atoms with van der Waals surface area (Å²) < 4.78 is 28.5. The minimum atomic E-state index is -3.22. The van der Waals surface area contributed by atoms with E-state index in [0.717, 1.165) is 28.9 Å². The lowest BCUT2D eigenvalue weighted by atomic mass is 10.1. The van der Waals surface area contributed by atoms with Crippen LogP contribution in [0.4, 0.5) is 0 Å². The molecule has 0 saturated carbocycles. The molecular formula is C20H21NO4S. The van der Waals surface area contributed by atoms with E-state index in [9.17, 15) is 13.2 Å². The van der Waals surface area contributed by atoms with Crippen LogP contribution in [0.15, 0.2) is 53.4 Å². The van der Waals surface area contributed by atoms with Crippen LogP contribution < -0.4 is 10.1 Å². The second-order valence-corrected chi connectivity index (χ2v) is 8.39. The number of rotatable bonds is 5. The van der Waals surface area contributed by atoms with Crippen molar-refractivity contribution in [3.8, 4) is 5.75 Å². The van der Waals surface area contributed by atoms with Gasteiger partial charge in [-0.25, -0.2) is 8.42 Å². The van der Waals surface area contributed by atoms with Crippen LogP contribution in [0.2, 0.25) is 0 Å². The number of ether oxygens (including phenoxy) is 1. The molecule has 1 aliphatic rings. The average molecular weight is 371 g/mol. The Kier molecular flexibility index (Phi) is 5.13. The van der Waals surface area contributed by atoms with E-state index in [1.807, 2.05) is 25.1 Å². The normalized spacial score (nSPS) is 14.7. The Bertz CT molecular complexity index is 946. The highest BCUT2D eigenvalue weighted by Gasteiger charge is 2.12. The first kappa shape index (κ1) is 18.2. The van der Waals surface area contributed by atoms with Crippen LogP contribution >= 0.6 is 0 Å². The summed E-state index contributed by atoms with van der Waals surface area (Å²) in [6, 6.07) is 12.2. The van der Waals surface area contributed by atoms with Gasteiger partial charge in [0.25, 0.3) is 0 Å². The van der Waals surface area contributed by atoms with Crippen molar-refractivity contribution in [1.82, 2.24) is 5.32 Å². The van der Waals surface area contributed by atoms with Gasteiger partial charge in [0.2, 0.25) is 5.91 Å². The Morgan fingerprint density at radius 3 is 2.62 bits per heavy atom. The maximum atomic E-state index is 12.1. The summed E-state index contributed by atoms with van der Waals surface area (Å²) in [5.41, 5.74) is 2.95. The van der Waals surface area contributed by atoms with Gasteiger partial charge in [0, 0.05) is 18.8 Å². The maximum absolute atomic E-state index is 12.1. The van der Waals surface area contributed by atoms with Gasteiger partial charge in [0.05, 0.1) is 17.5 Å². The van der Waals surface area contributed by atoms with Crippen molar-refractivity contribution < 1.29 is 17.9 Å². The van der Waals surface area contributed by atoms with E-state index in [4.69, 9.17) is 4.74 Å². The quantitative estimate of drug-likeness (QED) is 0.821. The molecular weight excluding hydrogens is 350 g/mol. The Labute approximate surface area is 153 Å². The van der Waals surface area contributed by atoms with Gasteiger partial charge in [-0.1, -0.05) is 18.2 Å². The minimum Gasteiger partial charge on any atom is -0.493 e. The smallest absolute Gasteiger partial charge is 0.244 e. The molecule has 0 spiro atoms. The number of benzene rings is 2. The zero-order valence-electron chi connectivity index (χ0n) is 14.7. The molecule has 0 aromatic heterocycles. The molecule has 1 N–H and O–H groups in total. The Morgan fingerprint density at radius 1 is 1.19 bits per heavy atom. The molecule has 5 nitrogen and oxygen atoms in total. The molecule has 0 aliphatic carbocycles. The van der Waals surface area contributed by atoms with Crippen molar-refractivity contribution in [2.45, 2.75) is 24.3 Å². The van der Waals surface area contributed by atoms with Gasteiger partial charge in [-0.3, -0.25) is 4.79 Å². The Hall–Kier alpha value is -2.60. The standard InChI is InChI=1S/C20H21NO4S/c1-14(16-5-7-18(8-6-16)26(2,23)24)21-20(22)10-4-15-3-9-19-17(13-15)11-12-25-19/h3-10,13-14H,11-12H2,1-2H3,(H,21,22)/b10-4+.